The molecule has 0 aromatic heterocycles. The SMILES string of the molecule is CCCCCCCCCCCCCC/C=C/CC/C=C/CC/C=C/C(O)C(CO)NC(=O)CCCCCCCCCCCCCCCCCCCCCCCCCCCCCCCCCCCCC. The molecule has 2 atom stereocenters. The van der Waals surface area contributed by atoms with E-state index in [2.05, 4.69) is 43.5 Å². The van der Waals surface area contributed by atoms with Gasteiger partial charge >= 0.3 is 0 Å². The van der Waals surface area contributed by atoms with E-state index in [0.29, 0.717) is 6.42 Å². The summed E-state index contributed by atoms with van der Waals surface area (Å²) in [5, 5.41) is 23.2. The zero-order valence-electron chi connectivity index (χ0n) is 47.1. The number of rotatable bonds is 59. The van der Waals surface area contributed by atoms with Crippen molar-refractivity contribution in [3.63, 3.8) is 0 Å². The molecule has 2 unspecified atom stereocenters. The summed E-state index contributed by atoms with van der Waals surface area (Å²) in [5.74, 6) is -0.0707. The average molecular weight is 969 g/mol. The Morgan fingerprint density at radius 1 is 0.333 bits per heavy atom. The van der Waals surface area contributed by atoms with E-state index in [9.17, 15) is 15.0 Å². The Morgan fingerprint density at radius 2 is 0.565 bits per heavy atom. The summed E-state index contributed by atoms with van der Waals surface area (Å²) in [6.45, 7) is 4.33. The molecule has 0 bridgehead atoms. The minimum atomic E-state index is -0.869. The van der Waals surface area contributed by atoms with E-state index >= 15 is 0 Å². The maximum Gasteiger partial charge on any atom is 0.220 e. The summed E-state index contributed by atoms with van der Waals surface area (Å²) >= 11 is 0. The number of aliphatic hydroxyl groups is 2. The first kappa shape index (κ1) is 67.6. The van der Waals surface area contributed by atoms with Crippen LogP contribution in [0.15, 0.2) is 36.5 Å². The summed E-state index contributed by atoms with van der Waals surface area (Å²) in [6, 6.07) is -0.644. The second-order valence-corrected chi connectivity index (χ2v) is 21.8. The van der Waals surface area contributed by atoms with Crippen molar-refractivity contribution < 1.29 is 15.0 Å². The van der Waals surface area contributed by atoms with Gasteiger partial charge in [0.05, 0.1) is 18.8 Å². The van der Waals surface area contributed by atoms with Gasteiger partial charge in [0.2, 0.25) is 5.91 Å². The molecule has 4 heteroatoms. The number of aliphatic hydroxyl groups excluding tert-OH is 2. The molecule has 1 amide bonds. The molecule has 3 N–H and O–H groups in total. The summed E-state index contributed by atoms with van der Waals surface area (Å²) in [5.41, 5.74) is 0. The molecular formula is C65H125NO3. The van der Waals surface area contributed by atoms with Gasteiger partial charge in [-0.3, -0.25) is 4.79 Å². The average Bonchev–Trinajstić information content (AvgIpc) is 3.35. The minimum absolute atomic E-state index is 0.0707. The first-order valence-electron chi connectivity index (χ1n) is 31.7. The van der Waals surface area contributed by atoms with Crippen molar-refractivity contribution >= 4 is 5.91 Å². The Morgan fingerprint density at radius 3 is 0.841 bits per heavy atom. The van der Waals surface area contributed by atoms with Crippen LogP contribution in [0.5, 0.6) is 0 Å². The Bertz CT molecular complexity index is 1050. The molecule has 0 rings (SSSR count). The van der Waals surface area contributed by atoms with Crippen LogP contribution in [0.3, 0.4) is 0 Å². The normalized spacial score (nSPS) is 12.9. The van der Waals surface area contributed by atoms with Crippen LogP contribution < -0.4 is 5.32 Å². The van der Waals surface area contributed by atoms with Gasteiger partial charge in [-0.25, -0.2) is 0 Å². The lowest BCUT2D eigenvalue weighted by atomic mass is 10.0. The molecule has 0 fully saturated rings. The second-order valence-electron chi connectivity index (χ2n) is 21.8. The molecule has 408 valence electrons. The zero-order valence-corrected chi connectivity index (χ0v) is 47.1. The lowest BCUT2D eigenvalue weighted by Crippen LogP contribution is -2.45. The van der Waals surface area contributed by atoms with Crippen molar-refractivity contribution in [3.8, 4) is 0 Å². The lowest BCUT2D eigenvalue weighted by Gasteiger charge is -2.19. The van der Waals surface area contributed by atoms with Crippen molar-refractivity contribution in [2.45, 2.75) is 366 Å². The quantitative estimate of drug-likeness (QED) is 0.0420. The number of carbonyl (C=O) groups is 1. The van der Waals surface area contributed by atoms with Crippen LogP contribution in [0.25, 0.3) is 0 Å². The largest absolute Gasteiger partial charge is 0.394 e. The van der Waals surface area contributed by atoms with E-state index in [1.807, 2.05) is 6.08 Å². The number of unbranched alkanes of at least 4 members (excludes halogenated alkanes) is 48. The monoisotopic (exact) mass is 968 g/mol. The predicted octanol–water partition coefficient (Wildman–Crippen LogP) is 21.2. The van der Waals surface area contributed by atoms with Crippen molar-refractivity contribution in [1.29, 1.82) is 0 Å². The van der Waals surface area contributed by atoms with Crippen molar-refractivity contribution in [3.05, 3.63) is 36.5 Å². The highest BCUT2D eigenvalue weighted by molar-refractivity contribution is 5.76. The third-order valence-corrected chi connectivity index (χ3v) is 14.9. The molecule has 0 aliphatic rings. The lowest BCUT2D eigenvalue weighted by molar-refractivity contribution is -0.123. The highest BCUT2D eigenvalue weighted by Gasteiger charge is 2.18. The van der Waals surface area contributed by atoms with Crippen molar-refractivity contribution in [2.24, 2.45) is 0 Å². The fourth-order valence-electron chi connectivity index (χ4n) is 10.0. The fourth-order valence-corrected chi connectivity index (χ4v) is 10.0. The minimum Gasteiger partial charge on any atom is -0.394 e. The second kappa shape index (κ2) is 60.9. The van der Waals surface area contributed by atoms with Crippen LogP contribution in [0.4, 0.5) is 0 Å². The number of amides is 1. The Labute approximate surface area is 433 Å². The standard InChI is InChI=1S/C65H125NO3/c1-3-5-7-9-11-13-15-17-19-21-23-25-27-28-29-30-31-32-33-34-35-36-37-38-39-41-43-45-47-49-51-53-55-57-59-61-65(69)66-63(62-67)64(68)60-58-56-54-52-50-48-46-44-42-40-26-24-22-20-18-16-14-12-10-8-6-4-2/h42,44,50,52,58,60,63-64,67-68H,3-41,43,45-49,51,53-57,59,61-62H2,1-2H3,(H,66,69)/b44-42+,52-50+,60-58+. The van der Waals surface area contributed by atoms with Gasteiger partial charge in [-0.15, -0.1) is 0 Å². The molecule has 0 aromatic carbocycles. The molecular weight excluding hydrogens is 843 g/mol. The Balaban J connectivity index is 3.45. The van der Waals surface area contributed by atoms with Crippen LogP contribution in [-0.4, -0.2) is 34.9 Å². The molecule has 0 spiro atoms. The number of carbonyl (C=O) groups excluding carboxylic acids is 1. The molecule has 0 saturated heterocycles. The van der Waals surface area contributed by atoms with E-state index in [1.165, 1.54) is 295 Å². The van der Waals surface area contributed by atoms with Gasteiger partial charge in [-0.1, -0.05) is 339 Å². The van der Waals surface area contributed by atoms with E-state index in [1.54, 1.807) is 6.08 Å². The van der Waals surface area contributed by atoms with Gasteiger partial charge in [-0.05, 0) is 44.9 Å². The third-order valence-electron chi connectivity index (χ3n) is 14.9. The van der Waals surface area contributed by atoms with Crippen LogP contribution >= 0.6 is 0 Å². The van der Waals surface area contributed by atoms with E-state index in [-0.39, 0.29) is 12.5 Å². The van der Waals surface area contributed by atoms with Gasteiger partial charge in [0, 0.05) is 6.42 Å². The van der Waals surface area contributed by atoms with Crippen LogP contribution in [-0.2, 0) is 4.79 Å². The van der Waals surface area contributed by atoms with E-state index < -0.39 is 12.1 Å². The number of hydrogen-bond acceptors (Lipinski definition) is 3. The Kier molecular flexibility index (Phi) is 59.7. The molecule has 0 radical (unpaired) electrons. The number of allylic oxidation sites excluding steroid dienone is 5. The van der Waals surface area contributed by atoms with Crippen LogP contribution in [0.2, 0.25) is 0 Å². The predicted molar refractivity (Wildman–Crippen MR) is 308 cm³/mol. The summed E-state index contributed by atoms with van der Waals surface area (Å²) in [6.07, 6.45) is 83.5. The van der Waals surface area contributed by atoms with Gasteiger partial charge < -0.3 is 15.5 Å². The van der Waals surface area contributed by atoms with Crippen LogP contribution in [0.1, 0.15) is 354 Å². The van der Waals surface area contributed by atoms with E-state index in [0.717, 1.165) is 38.5 Å². The van der Waals surface area contributed by atoms with Crippen molar-refractivity contribution in [2.75, 3.05) is 6.61 Å². The highest BCUT2D eigenvalue weighted by atomic mass is 16.3. The topological polar surface area (TPSA) is 69.6 Å². The maximum absolute atomic E-state index is 12.5. The number of hydrogen-bond donors (Lipinski definition) is 3. The summed E-state index contributed by atoms with van der Waals surface area (Å²) in [7, 11) is 0. The Hall–Kier alpha value is -1.39. The van der Waals surface area contributed by atoms with E-state index in [4.69, 9.17) is 0 Å². The van der Waals surface area contributed by atoms with Crippen LogP contribution in [0, 0.1) is 0 Å². The van der Waals surface area contributed by atoms with Gasteiger partial charge in [0.15, 0.2) is 0 Å². The fraction of sp³-hybridized carbons (Fsp3) is 0.892. The first-order valence-corrected chi connectivity index (χ1v) is 31.7. The third kappa shape index (κ3) is 57.4. The molecule has 0 aliphatic heterocycles. The molecule has 0 aromatic rings. The smallest absolute Gasteiger partial charge is 0.220 e. The first-order chi connectivity index (χ1) is 34.2. The molecule has 69 heavy (non-hydrogen) atoms. The van der Waals surface area contributed by atoms with Crippen molar-refractivity contribution in [1.82, 2.24) is 5.32 Å². The molecule has 0 heterocycles. The maximum atomic E-state index is 12.5. The molecule has 0 aliphatic carbocycles. The number of nitrogens with one attached hydrogen (secondary N) is 1. The zero-order chi connectivity index (χ0) is 49.9. The summed E-state index contributed by atoms with van der Waals surface area (Å²) in [4.78, 5) is 12.5. The van der Waals surface area contributed by atoms with Gasteiger partial charge in [-0.2, -0.15) is 0 Å². The highest BCUT2D eigenvalue weighted by Crippen LogP contribution is 2.18. The summed E-state index contributed by atoms with van der Waals surface area (Å²) < 4.78 is 0. The molecule has 4 nitrogen and oxygen atoms in total. The molecule has 0 saturated carbocycles. The van der Waals surface area contributed by atoms with Gasteiger partial charge in [0.1, 0.15) is 0 Å². The van der Waals surface area contributed by atoms with Gasteiger partial charge in [0.25, 0.3) is 0 Å².